The summed E-state index contributed by atoms with van der Waals surface area (Å²) < 4.78 is -0.224. The zero-order chi connectivity index (χ0) is 13.0. The Labute approximate surface area is 113 Å². The highest BCUT2D eigenvalue weighted by molar-refractivity contribution is 8.00. The Balaban J connectivity index is 1.96. The van der Waals surface area contributed by atoms with Crippen LogP contribution in [0.1, 0.15) is 32.1 Å². The first-order chi connectivity index (χ1) is 8.71. The summed E-state index contributed by atoms with van der Waals surface area (Å²) in [5.74, 6) is 0.182. The van der Waals surface area contributed by atoms with E-state index < -0.39 is 0 Å². The molecule has 1 N–H and O–H groups in total. The number of piperidine rings is 1. The smallest absolute Gasteiger partial charge is 0.237 e. The average molecular weight is 267 g/mol. The quantitative estimate of drug-likeness (QED) is 0.821. The highest BCUT2D eigenvalue weighted by atomic mass is 32.2. The van der Waals surface area contributed by atoms with E-state index in [9.17, 15) is 10.1 Å². The molecular weight excluding hydrogens is 246 g/mol. The molecule has 2 rings (SSSR count). The van der Waals surface area contributed by atoms with E-state index in [1.807, 2.05) is 6.26 Å². The zero-order valence-electron chi connectivity index (χ0n) is 10.9. The molecule has 2 aliphatic heterocycles. The van der Waals surface area contributed by atoms with Crippen molar-refractivity contribution < 1.29 is 4.79 Å². The van der Waals surface area contributed by atoms with Crippen molar-refractivity contribution in [3.8, 4) is 6.07 Å². The van der Waals surface area contributed by atoms with Crippen molar-refractivity contribution in [2.24, 2.45) is 0 Å². The Morgan fingerprint density at radius 1 is 1.44 bits per heavy atom. The van der Waals surface area contributed by atoms with Gasteiger partial charge in [0, 0.05) is 19.6 Å². The fourth-order valence-electron chi connectivity index (χ4n) is 2.83. The van der Waals surface area contributed by atoms with Crippen LogP contribution >= 0.6 is 11.8 Å². The molecule has 0 aromatic heterocycles. The first-order valence-electron chi connectivity index (χ1n) is 6.69. The summed E-state index contributed by atoms with van der Waals surface area (Å²) >= 11 is 1.66. The molecule has 0 radical (unpaired) electrons. The fourth-order valence-corrected chi connectivity index (χ4v) is 3.51. The molecule has 0 aromatic carbocycles. The van der Waals surface area contributed by atoms with E-state index in [1.54, 1.807) is 11.8 Å². The van der Waals surface area contributed by atoms with Gasteiger partial charge in [0.15, 0.2) is 0 Å². The van der Waals surface area contributed by atoms with Crippen LogP contribution in [0.2, 0.25) is 0 Å². The fraction of sp³-hybridized carbons (Fsp3) is 0.846. The van der Waals surface area contributed by atoms with Crippen molar-refractivity contribution in [2.45, 2.75) is 42.9 Å². The van der Waals surface area contributed by atoms with Gasteiger partial charge >= 0.3 is 0 Å². The molecule has 5 heteroatoms. The van der Waals surface area contributed by atoms with E-state index >= 15 is 0 Å². The molecule has 0 saturated carbocycles. The number of amides is 1. The summed E-state index contributed by atoms with van der Waals surface area (Å²) in [4.78, 5) is 14.3. The van der Waals surface area contributed by atoms with Crippen molar-refractivity contribution >= 4 is 17.7 Å². The maximum Gasteiger partial charge on any atom is 0.237 e. The van der Waals surface area contributed by atoms with E-state index in [-0.39, 0.29) is 16.7 Å². The predicted molar refractivity (Wildman–Crippen MR) is 73.3 cm³/mol. The summed E-state index contributed by atoms with van der Waals surface area (Å²) in [6.07, 6.45) is 6.92. The van der Waals surface area contributed by atoms with E-state index in [4.69, 9.17) is 0 Å². The third-order valence-corrected chi connectivity index (χ3v) is 5.43. The molecular formula is C13H21N3OS. The number of hydrogen-bond acceptors (Lipinski definition) is 4. The van der Waals surface area contributed by atoms with Crippen LogP contribution in [0.5, 0.6) is 0 Å². The molecule has 2 fully saturated rings. The van der Waals surface area contributed by atoms with Crippen LogP contribution in [0.25, 0.3) is 0 Å². The normalized spacial score (nSPS) is 29.1. The number of carbonyl (C=O) groups excluding carboxylic acids is 1. The van der Waals surface area contributed by atoms with Gasteiger partial charge in [-0.15, -0.1) is 11.8 Å². The molecule has 1 unspecified atom stereocenters. The summed E-state index contributed by atoms with van der Waals surface area (Å²) in [5, 5.41) is 12.3. The van der Waals surface area contributed by atoms with Gasteiger partial charge in [-0.2, -0.15) is 5.26 Å². The summed E-state index contributed by atoms with van der Waals surface area (Å²) in [6, 6.07) is 2.48. The minimum absolute atomic E-state index is 0.0334. The summed E-state index contributed by atoms with van der Waals surface area (Å²) in [7, 11) is 0. The molecule has 1 amide bonds. The van der Waals surface area contributed by atoms with Gasteiger partial charge in [-0.3, -0.25) is 9.69 Å². The number of nitrogens with zero attached hydrogens (tertiary/aromatic N) is 2. The monoisotopic (exact) mass is 267 g/mol. The number of thioether (sulfide) groups is 1. The maximum atomic E-state index is 12.0. The van der Waals surface area contributed by atoms with Gasteiger partial charge in [0.2, 0.25) is 5.91 Å². The van der Waals surface area contributed by atoms with Gasteiger partial charge in [-0.1, -0.05) is 0 Å². The van der Waals surface area contributed by atoms with Crippen LogP contribution in [0.4, 0.5) is 0 Å². The zero-order valence-corrected chi connectivity index (χ0v) is 11.8. The van der Waals surface area contributed by atoms with Gasteiger partial charge in [0.25, 0.3) is 0 Å². The van der Waals surface area contributed by atoms with Crippen molar-refractivity contribution in [2.75, 3.05) is 25.9 Å². The lowest BCUT2D eigenvalue weighted by Crippen LogP contribution is -2.51. The van der Waals surface area contributed by atoms with Crippen LogP contribution in [-0.4, -0.2) is 47.5 Å². The van der Waals surface area contributed by atoms with Gasteiger partial charge in [0.1, 0.15) is 4.75 Å². The predicted octanol–water partition coefficient (Wildman–Crippen LogP) is 1.38. The van der Waals surface area contributed by atoms with Gasteiger partial charge < -0.3 is 5.32 Å². The molecule has 2 saturated heterocycles. The maximum absolute atomic E-state index is 12.0. The van der Waals surface area contributed by atoms with Crippen molar-refractivity contribution in [3.05, 3.63) is 0 Å². The number of likely N-dealkylation sites (tertiary alicyclic amines) is 1. The van der Waals surface area contributed by atoms with E-state index in [0.717, 1.165) is 51.7 Å². The first kappa shape index (κ1) is 13.7. The lowest BCUT2D eigenvalue weighted by atomic mass is 9.95. The van der Waals surface area contributed by atoms with Gasteiger partial charge in [-0.25, -0.2) is 0 Å². The number of nitriles is 1. The highest BCUT2D eigenvalue weighted by Gasteiger charge is 2.37. The molecule has 4 nitrogen and oxygen atoms in total. The molecule has 100 valence electrons. The van der Waals surface area contributed by atoms with Crippen LogP contribution < -0.4 is 5.32 Å². The minimum Gasteiger partial charge on any atom is -0.355 e. The molecule has 0 aromatic rings. The van der Waals surface area contributed by atoms with E-state index in [0.29, 0.717) is 0 Å². The Morgan fingerprint density at radius 2 is 2.17 bits per heavy atom. The minimum atomic E-state index is -0.224. The van der Waals surface area contributed by atoms with Crippen LogP contribution in [0.3, 0.4) is 0 Å². The van der Waals surface area contributed by atoms with Crippen LogP contribution in [0.15, 0.2) is 0 Å². The molecule has 18 heavy (non-hydrogen) atoms. The molecule has 0 spiro atoms. The third-order valence-electron chi connectivity index (χ3n) is 4.15. The lowest BCUT2D eigenvalue weighted by molar-refractivity contribution is -0.126. The molecule has 0 aliphatic carbocycles. The summed E-state index contributed by atoms with van der Waals surface area (Å²) in [5.41, 5.74) is 0. The van der Waals surface area contributed by atoms with Gasteiger partial charge in [0.05, 0.1) is 12.1 Å². The molecule has 2 heterocycles. The number of nitrogens with one attached hydrogen (secondary N) is 1. The second-order valence-corrected chi connectivity index (χ2v) is 6.34. The molecule has 2 aliphatic rings. The highest BCUT2D eigenvalue weighted by Crippen LogP contribution is 2.34. The Kier molecular flexibility index (Phi) is 4.52. The topological polar surface area (TPSA) is 56.1 Å². The molecule has 1 atom stereocenters. The summed E-state index contributed by atoms with van der Waals surface area (Å²) in [6.45, 7) is 2.55. The van der Waals surface area contributed by atoms with Crippen molar-refractivity contribution in [1.29, 1.82) is 5.26 Å². The number of rotatable bonds is 2. The van der Waals surface area contributed by atoms with Gasteiger partial charge in [-0.05, 0) is 38.4 Å². The number of hydrogen-bond donors (Lipinski definition) is 1. The van der Waals surface area contributed by atoms with Crippen LogP contribution in [-0.2, 0) is 4.79 Å². The van der Waals surface area contributed by atoms with E-state index in [1.165, 1.54) is 0 Å². The lowest BCUT2D eigenvalue weighted by Gasteiger charge is -2.39. The van der Waals surface area contributed by atoms with Crippen molar-refractivity contribution in [3.63, 3.8) is 0 Å². The van der Waals surface area contributed by atoms with Crippen LogP contribution in [0, 0.1) is 11.3 Å². The Hall–Kier alpha value is -0.730. The number of carbonyl (C=O) groups is 1. The second-order valence-electron chi connectivity index (χ2n) is 5.15. The Morgan fingerprint density at radius 3 is 2.78 bits per heavy atom. The SMILES string of the molecule is CSC1(C#N)CCN(C2CCCCNC2=O)CC1. The second kappa shape index (κ2) is 5.94. The standard InChI is InChI=1S/C13H21N3OS/c1-18-13(10-14)5-8-16(9-6-13)11-4-2-3-7-15-12(11)17/h11H,2-9H2,1H3,(H,15,17). The van der Waals surface area contributed by atoms with Crippen molar-refractivity contribution in [1.82, 2.24) is 10.2 Å². The first-order valence-corrected chi connectivity index (χ1v) is 7.91. The largest absolute Gasteiger partial charge is 0.355 e. The Bertz CT molecular complexity index is 345. The third kappa shape index (κ3) is 2.81. The van der Waals surface area contributed by atoms with E-state index in [2.05, 4.69) is 16.3 Å². The molecule has 0 bridgehead atoms. The average Bonchev–Trinajstić information content (AvgIpc) is 2.64.